The number of amides is 6. The van der Waals surface area contributed by atoms with Crippen LogP contribution in [0.3, 0.4) is 0 Å². The zero-order valence-electron chi connectivity index (χ0n) is 32.3. The maximum absolute atomic E-state index is 14.2. The normalized spacial score (nSPS) is 22.9. The number of nitrogens with one attached hydrogen (secondary N) is 5. The van der Waals surface area contributed by atoms with Gasteiger partial charge in [-0.15, -0.1) is 0 Å². The standard InChI is InChI=1S/C38H62N6O7/c1-23(2)20-27-33(46)43-31(25(5)6)35(48)42-29(21-24(3)4)36(49)44(10)30(18-14-15-19-39-37(50)51-38(7,8)9)34(47)41-28(32(45)40-27)22-26-16-12-11-13-17-26/h11-13,16-17,23-25,27-31H,14-15,18-22H2,1-10H3,(H,39,50)(H,40,45)(H,41,47)(H,42,48)(H,43,46)/t27-,28-,29-,30-,31-/m0/s1. The highest BCUT2D eigenvalue weighted by molar-refractivity contribution is 5.98. The number of rotatable bonds is 12. The van der Waals surface area contributed by atoms with Gasteiger partial charge in [-0.1, -0.05) is 71.9 Å². The second kappa shape index (κ2) is 20.0. The third kappa shape index (κ3) is 14.9. The summed E-state index contributed by atoms with van der Waals surface area (Å²) in [5, 5.41) is 14.2. The molecule has 6 amide bonds. The Labute approximate surface area is 304 Å². The topological polar surface area (TPSA) is 175 Å². The van der Waals surface area contributed by atoms with Gasteiger partial charge in [-0.25, -0.2) is 4.79 Å². The molecular weight excluding hydrogens is 652 g/mol. The average Bonchev–Trinajstić information content (AvgIpc) is 3.02. The molecule has 0 aromatic heterocycles. The van der Waals surface area contributed by atoms with Crippen LogP contribution in [0, 0.1) is 17.8 Å². The van der Waals surface area contributed by atoms with E-state index in [2.05, 4.69) is 26.6 Å². The maximum Gasteiger partial charge on any atom is 0.407 e. The lowest BCUT2D eigenvalue weighted by Gasteiger charge is -2.33. The monoisotopic (exact) mass is 714 g/mol. The highest BCUT2D eigenvalue weighted by atomic mass is 16.6. The van der Waals surface area contributed by atoms with E-state index in [0.717, 1.165) is 5.56 Å². The SMILES string of the molecule is CC(C)C[C@@H]1NC(=O)[C@H](Cc2ccccc2)NC(=O)[C@H](CCCCNC(=O)OC(C)(C)C)N(C)C(=O)[C@H](CC(C)C)NC(=O)[C@H](C(C)C)NC1=O. The molecule has 0 radical (unpaired) electrons. The summed E-state index contributed by atoms with van der Waals surface area (Å²) in [6.45, 7) is 16.9. The summed E-state index contributed by atoms with van der Waals surface area (Å²) in [6.07, 6.45) is 1.35. The number of nitrogens with zero attached hydrogens (tertiary/aromatic N) is 1. The van der Waals surface area contributed by atoms with E-state index in [1.165, 1.54) is 11.9 Å². The predicted octanol–water partition coefficient (Wildman–Crippen LogP) is 3.45. The largest absolute Gasteiger partial charge is 0.444 e. The van der Waals surface area contributed by atoms with Crippen molar-refractivity contribution >= 4 is 35.6 Å². The number of hydrogen-bond donors (Lipinski definition) is 5. The number of carbonyl (C=O) groups is 6. The lowest BCUT2D eigenvalue weighted by Crippen LogP contribution is -2.59. The first-order valence-electron chi connectivity index (χ1n) is 18.3. The van der Waals surface area contributed by atoms with Gasteiger partial charge in [-0.2, -0.15) is 0 Å². The fourth-order valence-electron chi connectivity index (χ4n) is 5.91. The number of alkyl carbamates (subject to hydrolysis) is 1. The average molecular weight is 715 g/mol. The summed E-state index contributed by atoms with van der Waals surface area (Å²) in [4.78, 5) is 83.3. The Bertz CT molecular complexity index is 1330. The third-order valence-corrected chi connectivity index (χ3v) is 8.51. The van der Waals surface area contributed by atoms with Crippen molar-refractivity contribution in [2.45, 2.75) is 137 Å². The van der Waals surface area contributed by atoms with Crippen LogP contribution in [-0.4, -0.2) is 89.9 Å². The van der Waals surface area contributed by atoms with Gasteiger partial charge in [0.1, 0.15) is 35.8 Å². The van der Waals surface area contributed by atoms with E-state index >= 15 is 0 Å². The van der Waals surface area contributed by atoms with E-state index in [1.807, 2.05) is 58.0 Å². The van der Waals surface area contributed by atoms with Crippen molar-refractivity contribution in [3.05, 3.63) is 35.9 Å². The fourth-order valence-corrected chi connectivity index (χ4v) is 5.91. The quantitative estimate of drug-likeness (QED) is 0.206. The summed E-state index contributed by atoms with van der Waals surface area (Å²) < 4.78 is 5.30. The van der Waals surface area contributed by atoms with Crippen LogP contribution in [0.1, 0.15) is 100.0 Å². The van der Waals surface area contributed by atoms with E-state index in [9.17, 15) is 28.8 Å². The molecule has 2 rings (SSSR count). The van der Waals surface area contributed by atoms with Crippen LogP contribution >= 0.6 is 0 Å². The summed E-state index contributed by atoms with van der Waals surface area (Å²) in [7, 11) is 1.52. The van der Waals surface area contributed by atoms with Crippen molar-refractivity contribution in [3.8, 4) is 0 Å². The maximum atomic E-state index is 14.2. The van der Waals surface area contributed by atoms with Gasteiger partial charge in [0.2, 0.25) is 29.5 Å². The molecule has 1 fully saturated rings. The molecule has 1 aromatic rings. The van der Waals surface area contributed by atoms with E-state index in [4.69, 9.17) is 4.74 Å². The fraction of sp³-hybridized carbons (Fsp3) is 0.684. The lowest BCUT2D eigenvalue weighted by molar-refractivity contribution is -0.143. The van der Waals surface area contributed by atoms with Gasteiger partial charge in [0.05, 0.1) is 0 Å². The summed E-state index contributed by atoms with van der Waals surface area (Å²) >= 11 is 0. The number of ether oxygens (including phenoxy) is 1. The summed E-state index contributed by atoms with van der Waals surface area (Å²) in [5.41, 5.74) is 0.148. The molecule has 1 heterocycles. The highest BCUT2D eigenvalue weighted by Crippen LogP contribution is 2.17. The molecule has 0 saturated carbocycles. The molecular formula is C38H62N6O7. The third-order valence-electron chi connectivity index (χ3n) is 8.51. The molecule has 0 bridgehead atoms. The van der Waals surface area contributed by atoms with E-state index in [-0.39, 0.29) is 30.6 Å². The highest BCUT2D eigenvalue weighted by Gasteiger charge is 2.38. The molecule has 1 saturated heterocycles. The van der Waals surface area contributed by atoms with E-state index in [0.29, 0.717) is 32.2 Å². The molecule has 1 aromatic carbocycles. The van der Waals surface area contributed by atoms with Crippen molar-refractivity contribution in [1.29, 1.82) is 0 Å². The smallest absolute Gasteiger partial charge is 0.407 e. The van der Waals surface area contributed by atoms with Crippen molar-refractivity contribution in [1.82, 2.24) is 31.5 Å². The second-order valence-corrected chi connectivity index (χ2v) is 15.8. The molecule has 5 N–H and O–H groups in total. The van der Waals surface area contributed by atoms with Crippen LogP contribution in [-0.2, 0) is 35.1 Å². The van der Waals surface area contributed by atoms with Crippen LogP contribution in [0.15, 0.2) is 30.3 Å². The minimum absolute atomic E-state index is 0.0144. The van der Waals surface area contributed by atoms with Gasteiger partial charge in [0, 0.05) is 20.0 Å². The van der Waals surface area contributed by atoms with Crippen molar-refractivity contribution in [2.24, 2.45) is 17.8 Å². The Morgan fingerprint density at radius 2 is 1.31 bits per heavy atom. The van der Waals surface area contributed by atoms with E-state index in [1.54, 1.807) is 34.6 Å². The molecule has 5 atom stereocenters. The van der Waals surface area contributed by atoms with Crippen LogP contribution in [0.25, 0.3) is 0 Å². The molecule has 0 spiro atoms. The van der Waals surface area contributed by atoms with E-state index < -0.39 is 71.4 Å². The summed E-state index contributed by atoms with van der Waals surface area (Å²) in [6, 6.07) is 4.22. The first-order valence-corrected chi connectivity index (χ1v) is 18.3. The first kappa shape index (κ1) is 43.0. The molecule has 13 nitrogen and oxygen atoms in total. The number of unbranched alkanes of at least 4 members (excludes halogenated alkanes) is 1. The second-order valence-electron chi connectivity index (χ2n) is 15.8. The van der Waals surface area contributed by atoms with Crippen molar-refractivity contribution < 1.29 is 33.5 Å². The van der Waals surface area contributed by atoms with Crippen LogP contribution in [0.5, 0.6) is 0 Å². The number of benzene rings is 1. The number of hydrogen-bond acceptors (Lipinski definition) is 7. The Balaban J connectivity index is 2.55. The molecule has 13 heteroatoms. The van der Waals surface area contributed by atoms with Crippen LogP contribution < -0.4 is 26.6 Å². The Hall–Kier alpha value is -4.16. The van der Waals surface area contributed by atoms with Gasteiger partial charge < -0.3 is 36.2 Å². The molecule has 1 aliphatic rings. The molecule has 51 heavy (non-hydrogen) atoms. The zero-order chi connectivity index (χ0) is 38.5. The van der Waals surface area contributed by atoms with Gasteiger partial charge in [0.15, 0.2) is 0 Å². The Morgan fingerprint density at radius 1 is 0.765 bits per heavy atom. The van der Waals surface area contributed by atoms with Gasteiger partial charge in [-0.3, -0.25) is 24.0 Å². The molecule has 0 unspecified atom stereocenters. The van der Waals surface area contributed by atoms with Crippen LogP contribution in [0.4, 0.5) is 4.79 Å². The summed E-state index contributed by atoms with van der Waals surface area (Å²) in [5.74, 6) is -2.90. The van der Waals surface area contributed by atoms with Crippen molar-refractivity contribution in [2.75, 3.05) is 13.6 Å². The number of likely N-dealkylation sites (N-methyl/N-ethyl adjacent to an activating group) is 1. The van der Waals surface area contributed by atoms with Crippen LogP contribution in [0.2, 0.25) is 0 Å². The minimum Gasteiger partial charge on any atom is -0.444 e. The van der Waals surface area contributed by atoms with Gasteiger partial charge >= 0.3 is 6.09 Å². The van der Waals surface area contributed by atoms with Gasteiger partial charge in [-0.05, 0) is 76.2 Å². The predicted molar refractivity (Wildman–Crippen MR) is 196 cm³/mol. The molecule has 1 aliphatic heterocycles. The minimum atomic E-state index is -1.07. The molecule has 0 aliphatic carbocycles. The first-order chi connectivity index (χ1) is 23.8. The number of carbonyl (C=O) groups excluding carboxylic acids is 6. The lowest BCUT2D eigenvalue weighted by atomic mass is 9.97. The van der Waals surface area contributed by atoms with Gasteiger partial charge in [0.25, 0.3) is 0 Å². The molecule has 286 valence electrons. The van der Waals surface area contributed by atoms with Crippen molar-refractivity contribution in [3.63, 3.8) is 0 Å². The zero-order valence-corrected chi connectivity index (χ0v) is 32.3. The Morgan fingerprint density at radius 3 is 1.88 bits per heavy atom. The Kier molecular flexibility index (Phi) is 16.9.